The molecule has 0 aromatic heterocycles. The SMILES string of the molecule is CCCCCCCCCCCCCCC/C=C(C)/C=C\CCCCCCCCC(=O)OC(C)(C)C1CCNCC1. The molecule has 40 heavy (non-hydrogen) atoms. The fraction of sp³-hybridized carbons (Fsp3) is 0.865. The molecule has 0 atom stereocenters. The minimum absolute atomic E-state index is 0.00817. The first kappa shape index (κ1) is 36.9. The molecule has 1 N–H and O–H groups in total. The number of hydrogen-bond donors (Lipinski definition) is 1. The summed E-state index contributed by atoms with van der Waals surface area (Å²) in [5, 5.41) is 3.39. The van der Waals surface area contributed by atoms with Gasteiger partial charge in [0.05, 0.1) is 0 Å². The number of ether oxygens (including phenoxy) is 1. The number of carbonyl (C=O) groups excluding carboxylic acids is 1. The van der Waals surface area contributed by atoms with Crippen molar-refractivity contribution in [3.8, 4) is 0 Å². The Balaban J connectivity index is 1.87. The number of rotatable bonds is 26. The molecule has 0 spiro atoms. The van der Waals surface area contributed by atoms with Crippen LogP contribution in [-0.2, 0) is 9.53 Å². The normalized spacial score (nSPS) is 15.2. The van der Waals surface area contributed by atoms with Crippen LogP contribution in [0.1, 0.15) is 182 Å². The summed E-state index contributed by atoms with van der Waals surface area (Å²) < 4.78 is 5.86. The first-order valence-corrected chi connectivity index (χ1v) is 17.7. The zero-order chi connectivity index (χ0) is 29.2. The summed E-state index contributed by atoms with van der Waals surface area (Å²) in [5.74, 6) is 0.473. The van der Waals surface area contributed by atoms with Crippen LogP contribution in [0.5, 0.6) is 0 Å². The molecule has 1 aliphatic heterocycles. The average molecular weight is 560 g/mol. The van der Waals surface area contributed by atoms with E-state index in [4.69, 9.17) is 4.74 Å². The third-order valence-corrected chi connectivity index (χ3v) is 8.86. The minimum Gasteiger partial charge on any atom is -0.459 e. The van der Waals surface area contributed by atoms with Crippen molar-refractivity contribution in [2.45, 2.75) is 187 Å². The highest BCUT2D eigenvalue weighted by molar-refractivity contribution is 5.69. The Morgan fingerprint density at radius 2 is 1.20 bits per heavy atom. The van der Waals surface area contributed by atoms with Crippen molar-refractivity contribution in [1.82, 2.24) is 5.32 Å². The molecular weight excluding hydrogens is 490 g/mol. The van der Waals surface area contributed by atoms with Crippen LogP contribution >= 0.6 is 0 Å². The van der Waals surface area contributed by atoms with E-state index in [-0.39, 0.29) is 11.6 Å². The molecule has 3 heteroatoms. The monoisotopic (exact) mass is 560 g/mol. The molecule has 1 saturated heterocycles. The van der Waals surface area contributed by atoms with Gasteiger partial charge in [-0.3, -0.25) is 4.79 Å². The van der Waals surface area contributed by atoms with Crippen molar-refractivity contribution in [2.24, 2.45) is 5.92 Å². The number of nitrogens with one attached hydrogen (secondary N) is 1. The van der Waals surface area contributed by atoms with Gasteiger partial charge in [0.2, 0.25) is 0 Å². The topological polar surface area (TPSA) is 38.3 Å². The molecule has 0 radical (unpaired) electrons. The van der Waals surface area contributed by atoms with Gasteiger partial charge in [-0.05, 0) is 78.8 Å². The second-order valence-corrected chi connectivity index (χ2v) is 13.1. The van der Waals surface area contributed by atoms with Crippen LogP contribution in [0.25, 0.3) is 0 Å². The van der Waals surface area contributed by atoms with E-state index < -0.39 is 0 Å². The smallest absolute Gasteiger partial charge is 0.306 e. The van der Waals surface area contributed by atoms with Crippen LogP contribution in [0.2, 0.25) is 0 Å². The van der Waals surface area contributed by atoms with Crippen LogP contribution in [0.3, 0.4) is 0 Å². The minimum atomic E-state index is -0.327. The van der Waals surface area contributed by atoms with Crippen LogP contribution in [0, 0.1) is 5.92 Å². The van der Waals surface area contributed by atoms with E-state index in [9.17, 15) is 4.79 Å². The predicted molar refractivity (Wildman–Crippen MR) is 176 cm³/mol. The molecule has 234 valence electrons. The van der Waals surface area contributed by atoms with Gasteiger partial charge >= 0.3 is 5.97 Å². The third-order valence-electron chi connectivity index (χ3n) is 8.86. The van der Waals surface area contributed by atoms with Gasteiger partial charge in [0.1, 0.15) is 5.60 Å². The standard InChI is InChI=1S/C37H69NO2/c1-5-6-7-8-9-10-11-12-13-14-15-18-21-24-27-34(2)28-25-22-19-16-17-20-23-26-29-36(39)40-37(3,4)35-30-32-38-33-31-35/h25,27-28,35,38H,5-24,26,29-33H2,1-4H3/b28-25-,34-27+. The number of hydrogen-bond acceptors (Lipinski definition) is 3. The van der Waals surface area contributed by atoms with E-state index in [2.05, 4.69) is 51.2 Å². The molecule has 0 saturated carbocycles. The molecule has 1 fully saturated rings. The Kier molecular flexibility index (Phi) is 23.6. The van der Waals surface area contributed by atoms with Crippen molar-refractivity contribution >= 4 is 5.97 Å². The number of piperidine rings is 1. The van der Waals surface area contributed by atoms with Crippen molar-refractivity contribution in [3.05, 3.63) is 23.8 Å². The van der Waals surface area contributed by atoms with Crippen molar-refractivity contribution in [3.63, 3.8) is 0 Å². The number of carbonyl (C=O) groups is 1. The maximum Gasteiger partial charge on any atom is 0.306 e. The second-order valence-electron chi connectivity index (χ2n) is 13.1. The molecular formula is C37H69NO2. The summed E-state index contributed by atoms with van der Waals surface area (Å²) in [6.45, 7) is 10.8. The maximum absolute atomic E-state index is 12.3. The largest absolute Gasteiger partial charge is 0.459 e. The third kappa shape index (κ3) is 21.6. The number of allylic oxidation sites excluding steroid dienone is 4. The molecule has 1 aliphatic rings. The van der Waals surface area contributed by atoms with Crippen LogP contribution in [0.15, 0.2) is 23.8 Å². The van der Waals surface area contributed by atoms with Gasteiger partial charge in [-0.2, -0.15) is 0 Å². The van der Waals surface area contributed by atoms with E-state index in [0.717, 1.165) is 38.8 Å². The lowest BCUT2D eigenvalue weighted by Gasteiger charge is -2.36. The lowest BCUT2D eigenvalue weighted by atomic mass is 9.83. The summed E-state index contributed by atoms with van der Waals surface area (Å²) in [7, 11) is 0. The summed E-state index contributed by atoms with van der Waals surface area (Å²) >= 11 is 0. The predicted octanol–water partition coefficient (Wildman–Crippen LogP) is 11.4. The van der Waals surface area contributed by atoms with E-state index in [1.807, 2.05) is 0 Å². The Morgan fingerprint density at radius 3 is 1.75 bits per heavy atom. The van der Waals surface area contributed by atoms with Crippen molar-refractivity contribution in [2.75, 3.05) is 13.1 Å². The van der Waals surface area contributed by atoms with Gasteiger partial charge in [0, 0.05) is 12.3 Å². The molecule has 0 aliphatic carbocycles. The highest BCUT2D eigenvalue weighted by Gasteiger charge is 2.33. The Morgan fingerprint density at radius 1 is 0.725 bits per heavy atom. The van der Waals surface area contributed by atoms with Gasteiger partial charge in [-0.25, -0.2) is 0 Å². The van der Waals surface area contributed by atoms with Crippen molar-refractivity contribution < 1.29 is 9.53 Å². The van der Waals surface area contributed by atoms with Crippen LogP contribution in [0.4, 0.5) is 0 Å². The number of unbranched alkanes of at least 4 members (excludes halogenated alkanes) is 19. The molecule has 0 bridgehead atoms. The molecule has 3 nitrogen and oxygen atoms in total. The fourth-order valence-electron chi connectivity index (χ4n) is 6.01. The Bertz CT molecular complexity index is 645. The summed E-state index contributed by atoms with van der Waals surface area (Å²) in [6.07, 6.45) is 38.0. The van der Waals surface area contributed by atoms with E-state index in [1.54, 1.807) is 0 Å². The number of esters is 1. The summed E-state index contributed by atoms with van der Waals surface area (Å²) in [5.41, 5.74) is 1.10. The second kappa shape index (κ2) is 25.6. The lowest BCUT2D eigenvalue weighted by molar-refractivity contribution is -0.162. The summed E-state index contributed by atoms with van der Waals surface area (Å²) in [4.78, 5) is 12.3. The molecule has 1 rings (SSSR count). The van der Waals surface area contributed by atoms with Gasteiger partial charge in [-0.1, -0.05) is 133 Å². The first-order chi connectivity index (χ1) is 19.5. The van der Waals surface area contributed by atoms with Gasteiger partial charge in [0.25, 0.3) is 0 Å². The van der Waals surface area contributed by atoms with E-state index >= 15 is 0 Å². The molecule has 0 aromatic rings. The highest BCUT2D eigenvalue weighted by atomic mass is 16.6. The lowest BCUT2D eigenvalue weighted by Crippen LogP contribution is -2.42. The highest BCUT2D eigenvalue weighted by Crippen LogP contribution is 2.29. The maximum atomic E-state index is 12.3. The first-order valence-electron chi connectivity index (χ1n) is 17.7. The molecule has 0 amide bonds. The molecule has 1 heterocycles. The summed E-state index contributed by atoms with van der Waals surface area (Å²) in [6, 6.07) is 0. The van der Waals surface area contributed by atoms with Crippen molar-refractivity contribution in [1.29, 1.82) is 0 Å². The van der Waals surface area contributed by atoms with Crippen LogP contribution < -0.4 is 5.32 Å². The van der Waals surface area contributed by atoms with Gasteiger partial charge < -0.3 is 10.1 Å². The zero-order valence-corrected chi connectivity index (χ0v) is 27.5. The Labute approximate surface area is 250 Å². The fourth-order valence-corrected chi connectivity index (χ4v) is 6.01. The van der Waals surface area contributed by atoms with E-state index in [0.29, 0.717) is 12.3 Å². The van der Waals surface area contributed by atoms with Crippen LogP contribution in [-0.4, -0.2) is 24.7 Å². The average Bonchev–Trinajstić information content (AvgIpc) is 2.94. The van der Waals surface area contributed by atoms with E-state index in [1.165, 1.54) is 128 Å². The molecule has 0 unspecified atom stereocenters. The van der Waals surface area contributed by atoms with Gasteiger partial charge in [0.15, 0.2) is 0 Å². The molecule has 0 aromatic carbocycles. The Hall–Kier alpha value is -1.09. The zero-order valence-electron chi connectivity index (χ0n) is 27.5. The quantitative estimate of drug-likeness (QED) is 0.0650. The van der Waals surface area contributed by atoms with Gasteiger partial charge in [-0.15, -0.1) is 0 Å².